The van der Waals surface area contributed by atoms with Gasteiger partial charge in [0.15, 0.2) is 0 Å². The van der Waals surface area contributed by atoms with Crippen molar-refractivity contribution in [1.82, 2.24) is 0 Å². The summed E-state index contributed by atoms with van der Waals surface area (Å²) < 4.78 is 25.7. The zero-order valence-electron chi connectivity index (χ0n) is 8.28. The second-order valence-corrected chi connectivity index (χ2v) is 4.15. The molecule has 0 spiro atoms. The number of carbonyl (C=O) groups is 1. The van der Waals surface area contributed by atoms with Crippen LogP contribution in [0.5, 0.6) is 5.75 Å². The van der Waals surface area contributed by atoms with Crippen LogP contribution in [0.1, 0.15) is 18.4 Å². The van der Waals surface area contributed by atoms with Crippen LogP contribution >= 0.6 is 0 Å². The van der Waals surface area contributed by atoms with Crippen LogP contribution in [0.15, 0.2) is 24.3 Å². The Morgan fingerprint density at radius 2 is 1.94 bits per heavy atom. The summed E-state index contributed by atoms with van der Waals surface area (Å²) in [5.41, 5.74) is -1.33. The fourth-order valence-electron chi connectivity index (χ4n) is 2.11. The van der Waals surface area contributed by atoms with E-state index >= 15 is 0 Å². The Morgan fingerprint density at radius 1 is 1.31 bits per heavy atom. The molecule has 2 rings (SSSR count). The number of halogens is 2. The summed E-state index contributed by atoms with van der Waals surface area (Å²) in [4.78, 5) is 11.1. The second-order valence-electron chi connectivity index (χ2n) is 4.15. The maximum Gasteiger partial charge on any atom is 0.314 e. The minimum absolute atomic E-state index is 0.117. The van der Waals surface area contributed by atoms with Gasteiger partial charge in [-0.1, -0.05) is 12.1 Å². The number of carboxylic acid groups (broad SMARTS) is 1. The minimum Gasteiger partial charge on any atom is -0.508 e. The molecule has 1 aromatic carbocycles. The van der Waals surface area contributed by atoms with Crippen LogP contribution in [0.25, 0.3) is 0 Å². The minimum atomic E-state index is -2.93. The SMILES string of the molecule is O=C(O)C1(c2cccc(O)c2)CC(F)(F)C1. The van der Waals surface area contributed by atoms with Crippen LogP contribution in [0.3, 0.4) is 0 Å². The molecule has 0 radical (unpaired) electrons. The van der Waals surface area contributed by atoms with Gasteiger partial charge in [0.25, 0.3) is 5.92 Å². The summed E-state index contributed by atoms with van der Waals surface area (Å²) in [5, 5.41) is 18.3. The van der Waals surface area contributed by atoms with E-state index in [4.69, 9.17) is 5.11 Å². The highest BCUT2D eigenvalue weighted by molar-refractivity contribution is 5.83. The van der Waals surface area contributed by atoms with E-state index in [-0.39, 0.29) is 11.3 Å². The van der Waals surface area contributed by atoms with Crippen LogP contribution in [-0.2, 0) is 10.2 Å². The lowest BCUT2D eigenvalue weighted by molar-refractivity contribution is -0.174. The summed E-state index contributed by atoms with van der Waals surface area (Å²) >= 11 is 0. The van der Waals surface area contributed by atoms with E-state index in [0.717, 1.165) is 0 Å². The number of aliphatic carboxylic acids is 1. The fourth-order valence-corrected chi connectivity index (χ4v) is 2.11. The van der Waals surface area contributed by atoms with Crippen LogP contribution in [0.4, 0.5) is 8.78 Å². The second kappa shape index (κ2) is 3.17. The number of hydrogen-bond acceptors (Lipinski definition) is 2. The average Bonchev–Trinajstić information content (AvgIpc) is 2.13. The van der Waals surface area contributed by atoms with E-state index in [1.165, 1.54) is 24.3 Å². The third-order valence-electron chi connectivity index (χ3n) is 2.93. The molecule has 0 atom stereocenters. The van der Waals surface area contributed by atoms with Crippen LogP contribution < -0.4 is 0 Å². The number of alkyl halides is 2. The molecule has 0 amide bonds. The summed E-state index contributed by atoms with van der Waals surface area (Å²) in [7, 11) is 0. The van der Waals surface area contributed by atoms with Crippen molar-refractivity contribution in [3.8, 4) is 5.75 Å². The number of hydrogen-bond donors (Lipinski definition) is 2. The van der Waals surface area contributed by atoms with Gasteiger partial charge in [0, 0.05) is 12.8 Å². The molecular formula is C11H10F2O3. The zero-order chi connectivity index (χ0) is 12.0. The normalized spacial score (nSPS) is 21.1. The first kappa shape index (κ1) is 10.9. The summed E-state index contributed by atoms with van der Waals surface area (Å²) in [6, 6.07) is 5.49. The molecule has 86 valence electrons. The summed E-state index contributed by atoms with van der Waals surface area (Å²) in [5.74, 6) is -4.32. The first-order valence-electron chi connectivity index (χ1n) is 4.76. The topological polar surface area (TPSA) is 57.5 Å². The van der Waals surface area contributed by atoms with Crippen molar-refractivity contribution >= 4 is 5.97 Å². The Morgan fingerprint density at radius 3 is 2.38 bits per heavy atom. The summed E-state index contributed by atoms with van der Waals surface area (Å²) in [6.07, 6.45) is -1.42. The average molecular weight is 228 g/mol. The van der Waals surface area contributed by atoms with Crippen molar-refractivity contribution in [2.24, 2.45) is 0 Å². The molecule has 0 aliphatic heterocycles. The molecule has 1 saturated carbocycles. The van der Waals surface area contributed by atoms with Gasteiger partial charge in [0.05, 0.1) is 0 Å². The molecule has 0 bridgehead atoms. The Balaban J connectivity index is 2.40. The number of benzene rings is 1. The number of rotatable bonds is 2. The molecule has 5 heteroatoms. The van der Waals surface area contributed by atoms with Gasteiger partial charge in [0.2, 0.25) is 0 Å². The van der Waals surface area contributed by atoms with E-state index in [1.807, 2.05) is 0 Å². The molecule has 1 aliphatic carbocycles. The van der Waals surface area contributed by atoms with Gasteiger partial charge in [-0.3, -0.25) is 4.79 Å². The Bertz CT molecular complexity index is 435. The Hall–Kier alpha value is -1.65. The van der Waals surface area contributed by atoms with Crippen molar-refractivity contribution in [1.29, 1.82) is 0 Å². The van der Waals surface area contributed by atoms with Crippen molar-refractivity contribution in [2.75, 3.05) is 0 Å². The lowest BCUT2D eigenvalue weighted by atomic mass is 9.62. The van der Waals surface area contributed by atoms with Gasteiger partial charge >= 0.3 is 5.97 Å². The van der Waals surface area contributed by atoms with Crippen molar-refractivity contribution in [3.05, 3.63) is 29.8 Å². The highest BCUT2D eigenvalue weighted by Crippen LogP contribution is 2.53. The van der Waals surface area contributed by atoms with Gasteiger partial charge in [-0.2, -0.15) is 0 Å². The highest BCUT2D eigenvalue weighted by Gasteiger charge is 2.62. The lowest BCUT2D eigenvalue weighted by Gasteiger charge is -2.44. The number of aromatic hydroxyl groups is 1. The molecule has 0 unspecified atom stereocenters. The largest absolute Gasteiger partial charge is 0.508 e. The van der Waals surface area contributed by atoms with Crippen LogP contribution in [0, 0.1) is 0 Å². The Labute approximate surface area is 90.3 Å². The summed E-state index contributed by atoms with van der Waals surface area (Å²) in [6.45, 7) is 0. The van der Waals surface area contributed by atoms with Crippen LogP contribution in [-0.4, -0.2) is 22.1 Å². The Kier molecular flexibility index (Phi) is 2.15. The third kappa shape index (κ3) is 1.52. The number of phenols is 1. The van der Waals surface area contributed by atoms with E-state index in [1.54, 1.807) is 0 Å². The quantitative estimate of drug-likeness (QED) is 0.815. The van der Waals surface area contributed by atoms with E-state index in [0.29, 0.717) is 0 Å². The maximum absolute atomic E-state index is 12.9. The van der Waals surface area contributed by atoms with Crippen LogP contribution in [0.2, 0.25) is 0 Å². The predicted octanol–water partition coefficient (Wildman–Crippen LogP) is 2.14. The van der Waals surface area contributed by atoms with Gasteiger partial charge in [-0.25, -0.2) is 8.78 Å². The highest BCUT2D eigenvalue weighted by atomic mass is 19.3. The molecule has 0 heterocycles. The molecular weight excluding hydrogens is 218 g/mol. The van der Waals surface area contributed by atoms with Gasteiger partial charge < -0.3 is 10.2 Å². The smallest absolute Gasteiger partial charge is 0.314 e. The molecule has 3 nitrogen and oxygen atoms in total. The maximum atomic E-state index is 12.9. The molecule has 16 heavy (non-hydrogen) atoms. The number of carboxylic acids is 1. The lowest BCUT2D eigenvalue weighted by Crippen LogP contribution is -2.54. The van der Waals surface area contributed by atoms with E-state index in [2.05, 4.69) is 0 Å². The molecule has 1 aromatic rings. The molecule has 1 fully saturated rings. The predicted molar refractivity (Wildman–Crippen MR) is 51.6 cm³/mol. The monoisotopic (exact) mass is 228 g/mol. The van der Waals surface area contributed by atoms with Gasteiger partial charge in [0.1, 0.15) is 11.2 Å². The number of phenolic OH excluding ortho intramolecular Hbond substituents is 1. The zero-order valence-corrected chi connectivity index (χ0v) is 8.28. The van der Waals surface area contributed by atoms with Crippen molar-refractivity contribution in [3.63, 3.8) is 0 Å². The molecule has 2 N–H and O–H groups in total. The fraction of sp³-hybridized carbons (Fsp3) is 0.364. The first-order valence-corrected chi connectivity index (χ1v) is 4.76. The van der Waals surface area contributed by atoms with E-state index in [9.17, 15) is 18.7 Å². The van der Waals surface area contributed by atoms with Crippen molar-refractivity contribution in [2.45, 2.75) is 24.2 Å². The van der Waals surface area contributed by atoms with E-state index < -0.39 is 30.1 Å². The van der Waals surface area contributed by atoms with Gasteiger partial charge in [-0.15, -0.1) is 0 Å². The third-order valence-corrected chi connectivity index (χ3v) is 2.93. The standard InChI is InChI=1S/C11H10F2O3/c12-11(13)5-10(6-11,9(15)16)7-2-1-3-8(14)4-7/h1-4,14H,5-6H2,(H,15,16). The molecule has 1 aliphatic rings. The van der Waals surface area contributed by atoms with Crippen molar-refractivity contribution < 1.29 is 23.8 Å². The first-order chi connectivity index (χ1) is 7.36. The molecule has 0 aromatic heterocycles. The molecule has 0 saturated heterocycles. The van der Waals surface area contributed by atoms with Gasteiger partial charge in [-0.05, 0) is 17.7 Å².